The third-order valence-corrected chi connectivity index (χ3v) is 8.49. The molecule has 0 nitrogen and oxygen atoms in total. The van der Waals surface area contributed by atoms with Crippen LogP contribution >= 0.6 is 0 Å². The average Bonchev–Trinajstić information content (AvgIpc) is 3.21. The average molecular weight is 291 g/mol. The second kappa shape index (κ2) is 4.75. The second-order valence-electron chi connectivity index (χ2n) is 10.6. The minimum atomic E-state index is 0.548. The number of hydrogen-bond acceptors (Lipinski definition) is 0. The standard InChI is InChI=1S/C21H38/c1-7-19(4)13-12-18(2,3)14-17-10-11-20(5,15-19)21(17,6)16-8-9-16/h16-17H,7-15H2,1-6H3/t17?,19?,20-,21-/m0/s1. The summed E-state index contributed by atoms with van der Waals surface area (Å²) in [5.41, 5.74) is 2.35. The highest BCUT2D eigenvalue weighted by Gasteiger charge is 2.62. The lowest BCUT2D eigenvalue weighted by Gasteiger charge is -2.49. The summed E-state index contributed by atoms with van der Waals surface area (Å²) in [6.45, 7) is 15.5. The largest absolute Gasteiger partial charge is 0.0649 e. The van der Waals surface area contributed by atoms with E-state index in [2.05, 4.69) is 41.5 Å². The third kappa shape index (κ3) is 2.49. The monoisotopic (exact) mass is 290 g/mol. The van der Waals surface area contributed by atoms with Gasteiger partial charge >= 0.3 is 0 Å². The number of hydrogen-bond donors (Lipinski definition) is 0. The van der Waals surface area contributed by atoms with Crippen LogP contribution in [0, 0.1) is 33.5 Å². The highest BCUT2D eigenvalue weighted by molar-refractivity contribution is 5.11. The summed E-state index contributed by atoms with van der Waals surface area (Å²) in [7, 11) is 0. The molecule has 0 aromatic heterocycles. The van der Waals surface area contributed by atoms with E-state index in [1.54, 1.807) is 0 Å². The molecule has 0 saturated heterocycles. The van der Waals surface area contributed by atoms with Gasteiger partial charge in [-0.2, -0.15) is 0 Å². The fraction of sp³-hybridized carbons (Fsp3) is 1.00. The van der Waals surface area contributed by atoms with E-state index in [1.807, 2.05) is 0 Å². The second-order valence-corrected chi connectivity index (χ2v) is 10.6. The van der Waals surface area contributed by atoms with Crippen molar-refractivity contribution in [1.29, 1.82) is 0 Å². The lowest BCUT2D eigenvalue weighted by Crippen LogP contribution is -2.42. The van der Waals surface area contributed by atoms with Crippen molar-refractivity contribution < 1.29 is 0 Å². The molecule has 0 heterocycles. The van der Waals surface area contributed by atoms with Gasteiger partial charge in [0.15, 0.2) is 0 Å². The lowest BCUT2D eigenvalue weighted by molar-refractivity contribution is -0.00322. The van der Waals surface area contributed by atoms with Crippen LogP contribution in [0.1, 0.15) is 99.3 Å². The molecule has 4 atom stereocenters. The Hall–Kier alpha value is 0. The van der Waals surface area contributed by atoms with Crippen molar-refractivity contribution in [3.8, 4) is 0 Å². The Labute approximate surface area is 133 Å². The summed E-state index contributed by atoms with van der Waals surface area (Å²) in [5, 5.41) is 0. The molecule has 3 saturated carbocycles. The molecule has 3 fully saturated rings. The van der Waals surface area contributed by atoms with Crippen LogP contribution in [0.4, 0.5) is 0 Å². The summed E-state index contributed by atoms with van der Waals surface area (Å²) in [4.78, 5) is 0. The Morgan fingerprint density at radius 1 is 0.810 bits per heavy atom. The molecule has 0 aromatic carbocycles. The molecule has 0 radical (unpaired) electrons. The fourth-order valence-corrected chi connectivity index (χ4v) is 6.40. The van der Waals surface area contributed by atoms with Crippen molar-refractivity contribution in [2.45, 2.75) is 99.3 Å². The highest BCUT2D eigenvalue weighted by atomic mass is 14.7. The molecule has 122 valence electrons. The molecule has 2 bridgehead atoms. The van der Waals surface area contributed by atoms with Crippen molar-refractivity contribution >= 4 is 0 Å². The topological polar surface area (TPSA) is 0 Å². The Bertz CT molecular complexity index is 404. The Morgan fingerprint density at radius 3 is 2.05 bits per heavy atom. The first-order valence-corrected chi connectivity index (χ1v) is 9.64. The Morgan fingerprint density at radius 2 is 1.48 bits per heavy atom. The van der Waals surface area contributed by atoms with Gasteiger partial charge in [-0.1, -0.05) is 48.0 Å². The van der Waals surface area contributed by atoms with Crippen LogP contribution in [-0.4, -0.2) is 0 Å². The van der Waals surface area contributed by atoms with E-state index in [-0.39, 0.29) is 0 Å². The van der Waals surface area contributed by atoms with Gasteiger partial charge in [0.1, 0.15) is 0 Å². The summed E-state index contributed by atoms with van der Waals surface area (Å²) in [6, 6.07) is 0. The zero-order chi connectivity index (χ0) is 15.5. The molecule has 0 spiro atoms. The van der Waals surface area contributed by atoms with E-state index in [1.165, 1.54) is 57.8 Å². The Kier molecular flexibility index (Phi) is 3.59. The predicted octanol–water partition coefficient (Wildman–Crippen LogP) is 6.84. The zero-order valence-electron chi connectivity index (χ0n) is 15.5. The van der Waals surface area contributed by atoms with Gasteiger partial charge in [-0.3, -0.25) is 0 Å². The molecule has 3 aliphatic rings. The van der Waals surface area contributed by atoms with Crippen LogP contribution < -0.4 is 0 Å². The molecule has 0 amide bonds. The van der Waals surface area contributed by atoms with Crippen LogP contribution in [0.5, 0.6) is 0 Å². The van der Waals surface area contributed by atoms with Gasteiger partial charge in [0, 0.05) is 0 Å². The maximum atomic E-state index is 2.71. The van der Waals surface area contributed by atoms with E-state index in [9.17, 15) is 0 Å². The third-order valence-electron chi connectivity index (χ3n) is 8.49. The molecular formula is C21H38. The van der Waals surface area contributed by atoms with Gasteiger partial charge in [0.2, 0.25) is 0 Å². The minimum absolute atomic E-state index is 0.548. The molecule has 0 N–H and O–H groups in total. The van der Waals surface area contributed by atoms with E-state index in [0.717, 1.165) is 11.8 Å². The molecule has 3 rings (SSSR count). The van der Waals surface area contributed by atoms with Crippen molar-refractivity contribution in [3.05, 3.63) is 0 Å². The van der Waals surface area contributed by atoms with Crippen LogP contribution in [-0.2, 0) is 0 Å². The van der Waals surface area contributed by atoms with Gasteiger partial charge in [0.05, 0.1) is 0 Å². The summed E-state index contributed by atoms with van der Waals surface area (Å²) >= 11 is 0. The Balaban J connectivity index is 2.02. The molecule has 0 heteroatoms. The first kappa shape index (κ1) is 15.9. The summed E-state index contributed by atoms with van der Waals surface area (Å²) < 4.78 is 0. The van der Waals surface area contributed by atoms with Crippen LogP contribution in [0.25, 0.3) is 0 Å². The number of fused-ring (bicyclic) bond motifs is 2. The van der Waals surface area contributed by atoms with Gasteiger partial charge in [0.25, 0.3) is 0 Å². The van der Waals surface area contributed by atoms with Crippen molar-refractivity contribution in [3.63, 3.8) is 0 Å². The smallest absolute Gasteiger partial charge is 0.0215 e. The zero-order valence-corrected chi connectivity index (χ0v) is 15.5. The quantitative estimate of drug-likeness (QED) is 0.522. The molecule has 2 unspecified atom stereocenters. The molecule has 3 aliphatic carbocycles. The fourth-order valence-electron chi connectivity index (χ4n) is 6.40. The molecule has 0 aliphatic heterocycles. The van der Waals surface area contributed by atoms with Crippen LogP contribution in [0.2, 0.25) is 0 Å². The van der Waals surface area contributed by atoms with Gasteiger partial charge < -0.3 is 0 Å². The van der Waals surface area contributed by atoms with Crippen molar-refractivity contribution in [2.24, 2.45) is 33.5 Å². The predicted molar refractivity (Wildman–Crippen MR) is 92.3 cm³/mol. The van der Waals surface area contributed by atoms with E-state index in [0.29, 0.717) is 21.7 Å². The van der Waals surface area contributed by atoms with Crippen LogP contribution in [0.15, 0.2) is 0 Å². The SMILES string of the molecule is CCC1(C)CCC(C)(C)CC2CC[C@@](C)(C1)[C@@]2(C)C1CC1. The van der Waals surface area contributed by atoms with Gasteiger partial charge in [-0.05, 0) is 84.9 Å². The summed E-state index contributed by atoms with van der Waals surface area (Å²) in [6.07, 6.45) is 13.3. The maximum Gasteiger partial charge on any atom is -0.0215 e. The number of rotatable bonds is 2. The van der Waals surface area contributed by atoms with E-state index in [4.69, 9.17) is 0 Å². The van der Waals surface area contributed by atoms with Gasteiger partial charge in [-0.25, -0.2) is 0 Å². The van der Waals surface area contributed by atoms with E-state index >= 15 is 0 Å². The molecular weight excluding hydrogens is 252 g/mol. The normalized spacial score (nSPS) is 50.3. The summed E-state index contributed by atoms with van der Waals surface area (Å²) in [5.74, 6) is 2.04. The molecule has 21 heavy (non-hydrogen) atoms. The van der Waals surface area contributed by atoms with Gasteiger partial charge in [-0.15, -0.1) is 0 Å². The van der Waals surface area contributed by atoms with Crippen LogP contribution in [0.3, 0.4) is 0 Å². The molecule has 0 aromatic rings. The lowest BCUT2D eigenvalue weighted by atomic mass is 9.56. The first-order valence-electron chi connectivity index (χ1n) is 9.64. The maximum absolute atomic E-state index is 2.71. The van der Waals surface area contributed by atoms with Crippen molar-refractivity contribution in [1.82, 2.24) is 0 Å². The first-order chi connectivity index (χ1) is 9.64. The van der Waals surface area contributed by atoms with E-state index < -0.39 is 0 Å². The highest BCUT2D eigenvalue weighted by Crippen LogP contribution is 2.71. The minimum Gasteiger partial charge on any atom is -0.0649 e. The van der Waals surface area contributed by atoms with Crippen molar-refractivity contribution in [2.75, 3.05) is 0 Å².